The normalized spacial score (nSPS) is 12.9. The zero-order valence-electron chi connectivity index (χ0n) is 16.9. The number of hydrogen-bond donors (Lipinski definition) is 0. The van der Waals surface area contributed by atoms with Crippen LogP contribution >= 0.6 is 0 Å². The molecule has 0 aromatic heterocycles. The van der Waals surface area contributed by atoms with Gasteiger partial charge < -0.3 is 4.74 Å². The van der Waals surface area contributed by atoms with Crippen molar-refractivity contribution in [3.63, 3.8) is 0 Å². The SMILES string of the molecule is CCOC(=O)C(C#N)C(C)CCCN(Cc1ccccc1)Cc1ccccc1. The van der Waals surface area contributed by atoms with Crippen molar-refractivity contribution < 1.29 is 9.53 Å². The first-order valence-electron chi connectivity index (χ1n) is 10.0. The van der Waals surface area contributed by atoms with Crippen LogP contribution < -0.4 is 0 Å². The summed E-state index contributed by atoms with van der Waals surface area (Å²) < 4.78 is 5.03. The number of carbonyl (C=O) groups is 1. The molecule has 0 aliphatic rings. The molecule has 0 fully saturated rings. The summed E-state index contributed by atoms with van der Waals surface area (Å²) in [5, 5.41) is 9.33. The molecule has 0 aliphatic carbocycles. The molecular formula is C24H30N2O2. The van der Waals surface area contributed by atoms with E-state index in [2.05, 4.69) is 59.5 Å². The van der Waals surface area contributed by atoms with Gasteiger partial charge in [0.05, 0.1) is 12.7 Å². The Labute approximate surface area is 168 Å². The predicted octanol–water partition coefficient (Wildman–Crippen LogP) is 4.81. The average molecular weight is 379 g/mol. The van der Waals surface area contributed by atoms with Gasteiger partial charge in [-0.3, -0.25) is 9.69 Å². The summed E-state index contributed by atoms with van der Waals surface area (Å²) in [6.45, 7) is 6.71. The summed E-state index contributed by atoms with van der Waals surface area (Å²) in [5.41, 5.74) is 2.57. The van der Waals surface area contributed by atoms with E-state index < -0.39 is 11.9 Å². The van der Waals surface area contributed by atoms with Crippen molar-refractivity contribution in [1.29, 1.82) is 5.26 Å². The van der Waals surface area contributed by atoms with Crippen LogP contribution in [-0.4, -0.2) is 24.0 Å². The number of carbonyl (C=O) groups excluding carboxylic acids is 1. The summed E-state index contributed by atoms with van der Waals surface area (Å²) in [7, 11) is 0. The number of benzene rings is 2. The molecule has 0 aliphatic heterocycles. The molecule has 0 bridgehead atoms. The number of rotatable bonds is 11. The third kappa shape index (κ3) is 7.17. The molecule has 0 saturated carbocycles. The Kier molecular flexibility index (Phi) is 9.24. The second-order valence-corrected chi connectivity index (χ2v) is 7.16. The van der Waals surface area contributed by atoms with Gasteiger partial charge in [0.2, 0.25) is 0 Å². The van der Waals surface area contributed by atoms with Crippen LogP contribution in [0.4, 0.5) is 0 Å². The van der Waals surface area contributed by atoms with E-state index in [0.29, 0.717) is 6.61 Å². The van der Waals surface area contributed by atoms with Gasteiger partial charge in [0.1, 0.15) is 5.92 Å². The summed E-state index contributed by atoms with van der Waals surface area (Å²) in [6.07, 6.45) is 1.75. The molecule has 0 radical (unpaired) electrons. The first-order valence-corrected chi connectivity index (χ1v) is 10.0. The van der Waals surface area contributed by atoms with Crippen LogP contribution in [0.5, 0.6) is 0 Å². The lowest BCUT2D eigenvalue weighted by Crippen LogP contribution is -2.26. The minimum Gasteiger partial charge on any atom is -0.465 e. The van der Waals surface area contributed by atoms with Crippen LogP contribution in [0.1, 0.15) is 37.8 Å². The summed E-state index contributed by atoms with van der Waals surface area (Å²) in [5.74, 6) is -1.10. The lowest BCUT2D eigenvalue weighted by molar-refractivity contribution is -0.147. The minimum atomic E-state index is -0.684. The zero-order chi connectivity index (χ0) is 20.2. The molecule has 4 nitrogen and oxygen atoms in total. The number of esters is 1. The summed E-state index contributed by atoms with van der Waals surface area (Å²) in [4.78, 5) is 14.4. The third-order valence-corrected chi connectivity index (χ3v) is 4.88. The maximum atomic E-state index is 11.9. The molecule has 28 heavy (non-hydrogen) atoms. The molecule has 4 heteroatoms. The van der Waals surface area contributed by atoms with Gasteiger partial charge >= 0.3 is 5.97 Å². The summed E-state index contributed by atoms with van der Waals surface area (Å²) >= 11 is 0. The topological polar surface area (TPSA) is 53.3 Å². The van der Waals surface area contributed by atoms with Gasteiger partial charge in [0.25, 0.3) is 0 Å². The lowest BCUT2D eigenvalue weighted by atomic mass is 9.91. The number of nitriles is 1. The lowest BCUT2D eigenvalue weighted by Gasteiger charge is -2.24. The molecule has 2 unspecified atom stereocenters. The second kappa shape index (κ2) is 11.9. The Morgan fingerprint density at radius 1 is 1.04 bits per heavy atom. The maximum absolute atomic E-state index is 11.9. The number of hydrogen-bond acceptors (Lipinski definition) is 4. The first kappa shape index (κ1) is 21.7. The van der Waals surface area contributed by atoms with Gasteiger partial charge in [-0.1, -0.05) is 67.6 Å². The van der Waals surface area contributed by atoms with Crippen molar-refractivity contribution in [3.05, 3.63) is 71.8 Å². The van der Waals surface area contributed by atoms with Gasteiger partial charge in [-0.2, -0.15) is 5.26 Å². The Morgan fingerprint density at radius 2 is 1.57 bits per heavy atom. The molecule has 2 rings (SSSR count). The fourth-order valence-corrected chi connectivity index (χ4v) is 3.35. The largest absolute Gasteiger partial charge is 0.465 e. The standard InChI is InChI=1S/C24H30N2O2/c1-3-28-24(27)23(17-25)20(2)11-10-16-26(18-21-12-6-4-7-13-21)19-22-14-8-5-9-15-22/h4-9,12-15,20,23H,3,10-11,16,18-19H2,1-2H3. The van der Waals surface area contributed by atoms with E-state index in [1.54, 1.807) is 6.92 Å². The van der Waals surface area contributed by atoms with Gasteiger partial charge in [-0.25, -0.2) is 0 Å². The van der Waals surface area contributed by atoms with E-state index >= 15 is 0 Å². The van der Waals surface area contributed by atoms with Crippen molar-refractivity contribution in [2.75, 3.05) is 13.2 Å². The Balaban J connectivity index is 1.94. The molecule has 2 aromatic carbocycles. The zero-order valence-corrected chi connectivity index (χ0v) is 16.9. The highest BCUT2D eigenvalue weighted by Crippen LogP contribution is 2.20. The van der Waals surface area contributed by atoms with Crippen molar-refractivity contribution in [3.8, 4) is 6.07 Å². The molecule has 148 valence electrons. The van der Waals surface area contributed by atoms with Gasteiger partial charge in [-0.15, -0.1) is 0 Å². The Bertz CT molecular complexity index is 699. The summed E-state index contributed by atoms with van der Waals surface area (Å²) in [6, 6.07) is 23.0. The van der Waals surface area contributed by atoms with Crippen molar-refractivity contribution in [1.82, 2.24) is 4.90 Å². The smallest absolute Gasteiger partial charge is 0.323 e. The minimum absolute atomic E-state index is 0.0145. The highest BCUT2D eigenvalue weighted by molar-refractivity contribution is 5.75. The molecule has 2 aromatic rings. The third-order valence-electron chi connectivity index (χ3n) is 4.88. The molecule has 2 atom stereocenters. The van der Waals surface area contributed by atoms with E-state index in [0.717, 1.165) is 32.5 Å². The van der Waals surface area contributed by atoms with E-state index in [-0.39, 0.29) is 5.92 Å². The highest BCUT2D eigenvalue weighted by Gasteiger charge is 2.26. The average Bonchev–Trinajstić information content (AvgIpc) is 2.70. The fraction of sp³-hybridized carbons (Fsp3) is 0.417. The molecule has 0 saturated heterocycles. The van der Waals surface area contributed by atoms with Crippen LogP contribution in [0.2, 0.25) is 0 Å². The number of ether oxygens (including phenoxy) is 1. The van der Waals surface area contributed by atoms with E-state index in [9.17, 15) is 10.1 Å². The van der Waals surface area contributed by atoms with Crippen LogP contribution in [-0.2, 0) is 22.6 Å². The predicted molar refractivity (Wildman–Crippen MR) is 111 cm³/mol. The first-order chi connectivity index (χ1) is 13.6. The molecular weight excluding hydrogens is 348 g/mol. The van der Waals surface area contributed by atoms with Crippen molar-refractivity contribution >= 4 is 5.97 Å². The van der Waals surface area contributed by atoms with Crippen molar-refractivity contribution in [2.24, 2.45) is 11.8 Å². The van der Waals surface area contributed by atoms with Crippen LogP contribution in [0, 0.1) is 23.2 Å². The Hall–Kier alpha value is -2.64. The highest BCUT2D eigenvalue weighted by atomic mass is 16.5. The molecule has 0 amide bonds. The molecule has 0 N–H and O–H groups in total. The fourth-order valence-electron chi connectivity index (χ4n) is 3.35. The van der Waals surface area contributed by atoms with E-state index in [1.165, 1.54) is 11.1 Å². The van der Waals surface area contributed by atoms with Crippen molar-refractivity contribution in [2.45, 2.75) is 39.8 Å². The molecule has 0 heterocycles. The quantitative estimate of drug-likeness (QED) is 0.527. The Morgan fingerprint density at radius 3 is 2.04 bits per heavy atom. The van der Waals surface area contributed by atoms with Gasteiger partial charge in [-0.05, 0) is 43.4 Å². The molecule has 0 spiro atoms. The van der Waals surface area contributed by atoms with E-state index in [4.69, 9.17) is 4.74 Å². The monoisotopic (exact) mass is 378 g/mol. The van der Waals surface area contributed by atoms with Crippen LogP contribution in [0.25, 0.3) is 0 Å². The second-order valence-electron chi connectivity index (χ2n) is 7.16. The van der Waals surface area contributed by atoms with Crippen LogP contribution in [0.15, 0.2) is 60.7 Å². The van der Waals surface area contributed by atoms with E-state index in [1.807, 2.05) is 19.1 Å². The number of nitrogens with zero attached hydrogens (tertiary/aromatic N) is 2. The maximum Gasteiger partial charge on any atom is 0.323 e. The van der Waals surface area contributed by atoms with Crippen LogP contribution in [0.3, 0.4) is 0 Å². The van der Waals surface area contributed by atoms with Gasteiger partial charge in [0.15, 0.2) is 0 Å². The van der Waals surface area contributed by atoms with Gasteiger partial charge in [0, 0.05) is 13.1 Å².